The SMILES string of the molecule is c1ccc(-c2cc(-c3c4ccccc4c(-c4ccccc4-c4cccc5c4-c4cc6ccccc6cc4C54C5CC6CC(C5)CC4C6)c4ccccc34)nc(-c3ccccc3)n2)cc1. The lowest BCUT2D eigenvalue weighted by molar-refractivity contribution is -0.0398. The Morgan fingerprint density at radius 1 is 0.344 bits per heavy atom. The van der Waals surface area contributed by atoms with Gasteiger partial charge in [0.05, 0.1) is 11.4 Å². The summed E-state index contributed by atoms with van der Waals surface area (Å²) in [5.41, 5.74) is 16.4. The first kappa shape index (κ1) is 36.3. The van der Waals surface area contributed by atoms with Gasteiger partial charge in [0.25, 0.3) is 0 Å². The van der Waals surface area contributed by atoms with Crippen LogP contribution in [0.4, 0.5) is 0 Å². The fraction of sp³-hybridized carbons (Fsp3) is 0.161. The van der Waals surface area contributed by atoms with Gasteiger partial charge >= 0.3 is 0 Å². The molecular weight excluding hydrogens is 773 g/mol. The van der Waals surface area contributed by atoms with E-state index in [0.717, 1.165) is 45.7 Å². The van der Waals surface area contributed by atoms with Crippen molar-refractivity contribution < 1.29 is 0 Å². The van der Waals surface area contributed by atoms with Crippen LogP contribution in [0.25, 0.3) is 99.6 Å². The van der Waals surface area contributed by atoms with Gasteiger partial charge in [-0.1, -0.05) is 176 Å². The monoisotopic (exact) mass is 818 g/mol. The smallest absolute Gasteiger partial charge is 0.160 e. The third-order valence-electron chi connectivity index (χ3n) is 16.0. The quantitative estimate of drug-likeness (QED) is 0.162. The van der Waals surface area contributed by atoms with E-state index in [1.807, 2.05) is 0 Å². The number of rotatable bonds is 5. The normalized spacial score (nSPS) is 21.5. The minimum absolute atomic E-state index is 0.0723. The molecule has 304 valence electrons. The lowest BCUT2D eigenvalue weighted by Gasteiger charge is -2.61. The van der Waals surface area contributed by atoms with E-state index in [0.29, 0.717) is 11.8 Å². The summed E-state index contributed by atoms with van der Waals surface area (Å²) in [5.74, 6) is 3.91. The Bertz CT molecular complexity index is 3370. The fourth-order valence-corrected chi connectivity index (χ4v) is 13.8. The van der Waals surface area contributed by atoms with Gasteiger partial charge in [0, 0.05) is 22.1 Å². The van der Waals surface area contributed by atoms with Gasteiger partial charge in [0.15, 0.2) is 5.82 Å². The summed E-state index contributed by atoms with van der Waals surface area (Å²) >= 11 is 0. The second kappa shape index (κ2) is 13.9. The molecule has 2 heteroatoms. The molecule has 9 aromatic carbocycles. The Balaban J connectivity index is 1.03. The van der Waals surface area contributed by atoms with E-state index in [4.69, 9.17) is 9.97 Å². The number of hydrogen-bond donors (Lipinski definition) is 0. The molecule has 64 heavy (non-hydrogen) atoms. The molecule has 15 rings (SSSR count). The third kappa shape index (κ3) is 5.20. The van der Waals surface area contributed by atoms with Crippen LogP contribution in [-0.4, -0.2) is 9.97 Å². The molecule has 1 heterocycles. The molecule has 0 saturated heterocycles. The minimum Gasteiger partial charge on any atom is -0.228 e. The molecule has 5 aliphatic rings. The third-order valence-corrected chi connectivity index (χ3v) is 16.0. The molecule has 10 aromatic rings. The van der Waals surface area contributed by atoms with Crippen molar-refractivity contribution in [3.05, 3.63) is 205 Å². The first-order valence-corrected chi connectivity index (χ1v) is 23.4. The molecule has 4 fully saturated rings. The Morgan fingerprint density at radius 3 is 1.52 bits per heavy atom. The van der Waals surface area contributed by atoms with Crippen LogP contribution in [0.5, 0.6) is 0 Å². The highest BCUT2D eigenvalue weighted by molar-refractivity contribution is 6.22. The predicted octanol–water partition coefficient (Wildman–Crippen LogP) is 16.0. The van der Waals surface area contributed by atoms with E-state index in [-0.39, 0.29) is 5.41 Å². The highest BCUT2D eigenvalue weighted by Gasteiger charge is 2.61. The first-order chi connectivity index (χ1) is 31.7. The predicted molar refractivity (Wildman–Crippen MR) is 265 cm³/mol. The molecule has 4 bridgehead atoms. The number of benzene rings is 9. The van der Waals surface area contributed by atoms with Crippen LogP contribution in [0.3, 0.4) is 0 Å². The van der Waals surface area contributed by atoms with Crippen LogP contribution >= 0.6 is 0 Å². The zero-order valence-electron chi connectivity index (χ0n) is 35.7. The fourth-order valence-electron chi connectivity index (χ4n) is 13.8. The summed E-state index contributed by atoms with van der Waals surface area (Å²) < 4.78 is 0. The van der Waals surface area contributed by atoms with Gasteiger partial charge in [-0.15, -0.1) is 0 Å². The molecule has 0 radical (unpaired) electrons. The molecule has 2 nitrogen and oxygen atoms in total. The molecule has 1 spiro atoms. The Labute approximate surface area is 374 Å². The van der Waals surface area contributed by atoms with Crippen molar-refractivity contribution >= 4 is 32.3 Å². The van der Waals surface area contributed by atoms with E-state index < -0.39 is 0 Å². The van der Waals surface area contributed by atoms with E-state index >= 15 is 0 Å². The molecule has 0 atom stereocenters. The second-order valence-electron chi connectivity index (χ2n) is 19.2. The Kier molecular flexibility index (Phi) is 7.90. The first-order valence-electron chi connectivity index (χ1n) is 23.4. The van der Waals surface area contributed by atoms with Crippen LogP contribution in [0.1, 0.15) is 43.2 Å². The molecule has 4 saturated carbocycles. The Hall–Kier alpha value is -7.16. The summed E-state index contributed by atoms with van der Waals surface area (Å²) in [7, 11) is 0. The topological polar surface area (TPSA) is 25.8 Å². The van der Waals surface area contributed by atoms with Crippen LogP contribution in [0.2, 0.25) is 0 Å². The van der Waals surface area contributed by atoms with Gasteiger partial charge < -0.3 is 0 Å². The number of nitrogens with zero attached hydrogens (tertiary/aromatic N) is 2. The van der Waals surface area contributed by atoms with Crippen molar-refractivity contribution in [2.45, 2.75) is 37.5 Å². The van der Waals surface area contributed by atoms with Gasteiger partial charge in [-0.3, -0.25) is 0 Å². The van der Waals surface area contributed by atoms with E-state index in [1.165, 1.54) is 97.8 Å². The van der Waals surface area contributed by atoms with Crippen molar-refractivity contribution in [1.29, 1.82) is 0 Å². The highest BCUT2D eigenvalue weighted by Crippen LogP contribution is 2.70. The van der Waals surface area contributed by atoms with Gasteiger partial charge in [0.2, 0.25) is 0 Å². The maximum absolute atomic E-state index is 5.41. The maximum Gasteiger partial charge on any atom is 0.160 e. The van der Waals surface area contributed by atoms with Crippen molar-refractivity contribution in [2.24, 2.45) is 23.7 Å². The van der Waals surface area contributed by atoms with Crippen molar-refractivity contribution in [1.82, 2.24) is 9.97 Å². The minimum atomic E-state index is 0.0723. The summed E-state index contributed by atoms with van der Waals surface area (Å²) in [4.78, 5) is 10.6. The lowest BCUT2D eigenvalue weighted by atomic mass is 9.43. The standard InChI is InChI=1S/C62H46N2/c1-3-16-40(17-4-1)56-37-57(64-61(63-56)41-18-5-2-6-19-41)60-51-26-13-11-24-49(51)58(50-25-12-14-27-52(50)60)47-23-10-9-22-46(47)48-28-15-29-54-59(48)53-35-42-20-7-8-21-43(42)36-55(53)62(54)44-31-38-30-39(33-44)34-45(62)32-38/h1-29,35-39,44-45H,30-34H2. The summed E-state index contributed by atoms with van der Waals surface area (Å²) in [6, 6.07) is 72.0. The van der Waals surface area contributed by atoms with Crippen LogP contribution in [-0.2, 0) is 5.41 Å². The van der Waals surface area contributed by atoms with Crippen molar-refractivity contribution in [3.8, 4) is 67.3 Å². The van der Waals surface area contributed by atoms with Gasteiger partial charge in [0.1, 0.15) is 0 Å². The van der Waals surface area contributed by atoms with E-state index in [2.05, 4.69) is 194 Å². The summed E-state index contributed by atoms with van der Waals surface area (Å²) in [5, 5.41) is 7.52. The highest BCUT2D eigenvalue weighted by atomic mass is 14.9. The molecule has 1 aromatic heterocycles. The van der Waals surface area contributed by atoms with Crippen LogP contribution < -0.4 is 0 Å². The van der Waals surface area contributed by atoms with E-state index in [9.17, 15) is 0 Å². The number of fused-ring (bicyclic) bond motifs is 6. The zero-order valence-corrected chi connectivity index (χ0v) is 35.7. The van der Waals surface area contributed by atoms with Crippen molar-refractivity contribution in [2.75, 3.05) is 0 Å². The lowest BCUT2D eigenvalue weighted by Crippen LogP contribution is -2.55. The van der Waals surface area contributed by atoms with Gasteiger partial charge in [-0.05, 0) is 151 Å². The summed E-state index contributed by atoms with van der Waals surface area (Å²) in [6.45, 7) is 0. The largest absolute Gasteiger partial charge is 0.228 e. The second-order valence-corrected chi connectivity index (χ2v) is 19.2. The number of aromatic nitrogens is 2. The van der Waals surface area contributed by atoms with Gasteiger partial charge in [-0.2, -0.15) is 0 Å². The average molecular weight is 819 g/mol. The van der Waals surface area contributed by atoms with Crippen molar-refractivity contribution in [3.63, 3.8) is 0 Å². The van der Waals surface area contributed by atoms with Crippen LogP contribution in [0.15, 0.2) is 194 Å². The number of hydrogen-bond acceptors (Lipinski definition) is 2. The van der Waals surface area contributed by atoms with Crippen LogP contribution in [0, 0.1) is 23.7 Å². The molecular formula is C62H46N2. The molecule has 0 unspecified atom stereocenters. The van der Waals surface area contributed by atoms with E-state index in [1.54, 1.807) is 11.1 Å². The Morgan fingerprint density at radius 2 is 0.859 bits per heavy atom. The average Bonchev–Trinajstić information content (AvgIpc) is 3.64. The summed E-state index contributed by atoms with van der Waals surface area (Å²) in [6.07, 6.45) is 6.94. The zero-order chi connectivity index (χ0) is 41.9. The molecule has 5 aliphatic carbocycles. The molecule has 0 aliphatic heterocycles. The van der Waals surface area contributed by atoms with Gasteiger partial charge in [-0.25, -0.2) is 9.97 Å². The molecule has 0 N–H and O–H groups in total. The molecule has 0 amide bonds. The maximum atomic E-state index is 5.41.